The van der Waals surface area contributed by atoms with E-state index in [1.54, 1.807) is 0 Å². The van der Waals surface area contributed by atoms with E-state index in [-0.39, 0.29) is 24.2 Å². The van der Waals surface area contributed by atoms with Crippen LogP contribution in [0, 0.1) is 5.92 Å². The molecule has 0 bridgehead atoms. The van der Waals surface area contributed by atoms with Crippen molar-refractivity contribution in [3.63, 3.8) is 0 Å². The third-order valence-corrected chi connectivity index (χ3v) is 4.91. The zero-order valence-corrected chi connectivity index (χ0v) is 13.6. The average molecular weight is 321 g/mol. The number of carbonyl (C=O) groups excluding carboxylic acids is 1. The van der Waals surface area contributed by atoms with E-state index in [2.05, 4.69) is 12.1 Å². The minimum absolute atomic E-state index is 0.0453. The molecule has 0 radical (unpaired) electrons. The third-order valence-electron chi connectivity index (χ3n) is 4.91. The lowest BCUT2D eigenvalue weighted by atomic mass is 9.65. The fourth-order valence-corrected chi connectivity index (χ4v) is 3.72. The second-order valence-electron chi connectivity index (χ2n) is 6.12. The van der Waals surface area contributed by atoms with Crippen LogP contribution in [0.2, 0.25) is 0 Å². The molecular weight excluding hydrogens is 298 g/mol. The predicted molar refractivity (Wildman–Crippen MR) is 82.6 cm³/mol. The number of Topliss-reactive ketones (excluding diaryl/α,β-unsaturated/α-hetero) is 1. The first kappa shape index (κ1) is 16.2. The molecule has 2 atom stereocenters. The van der Waals surface area contributed by atoms with Gasteiger partial charge in [0.05, 0.1) is 13.2 Å². The minimum Gasteiger partial charge on any atom is -0.475 e. The summed E-state index contributed by atoms with van der Waals surface area (Å²) in [6.45, 7) is 2.37. The molecule has 0 saturated heterocycles. The normalized spacial score (nSPS) is 26.5. The van der Waals surface area contributed by atoms with Crippen LogP contribution < -0.4 is 4.74 Å². The van der Waals surface area contributed by atoms with E-state index in [4.69, 9.17) is 14.0 Å². The van der Waals surface area contributed by atoms with Gasteiger partial charge in [-0.3, -0.25) is 4.79 Å². The molecule has 126 valence electrons. The molecule has 0 aromatic carbocycles. The van der Waals surface area contributed by atoms with E-state index in [0.717, 1.165) is 25.7 Å². The van der Waals surface area contributed by atoms with Crippen molar-refractivity contribution in [1.29, 1.82) is 0 Å². The summed E-state index contributed by atoms with van der Waals surface area (Å²) in [5.41, 5.74) is -0.109. The van der Waals surface area contributed by atoms with Crippen LogP contribution in [0.15, 0.2) is 16.2 Å². The monoisotopic (exact) mass is 321 g/mol. The number of ketones is 1. The first-order valence-corrected chi connectivity index (χ1v) is 8.20. The molecule has 0 saturated carbocycles. The van der Waals surface area contributed by atoms with Crippen LogP contribution in [0.3, 0.4) is 0 Å². The number of allylic oxidation sites excluding steroid dienone is 1. The molecule has 23 heavy (non-hydrogen) atoms. The number of unbranched alkanes of at least 4 members (excludes halogenated alkanes) is 1. The Morgan fingerprint density at radius 2 is 2.35 bits per heavy atom. The molecule has 0 fully saturated rings. The Morgan fingerprint density at radius 1 is 1.52 bits per heavy atom. The summed E-state index contributed by atoms with van der Waals surface area (Å²) in [5, 5.41) is 13.7. The maximum absolute atomic E-state index is 13.2. The predicted octanol–water partition coefficient (Wildman–Crippen LogP) is 2.31. The molecule has 1 aromatic rings. The number of aliphatic hydroxyl groups is 1. The molecule has 6 heteroatoms. The Kier molecular flexibility index (Phi) is 4.55. The Hall–Kier alpha value is -1.66. The van der Waals surface area contributed by atoms with Crippen LogP contribution in [0.25, 0.3) is 0 Å². The Morgan fingerprint density at radius 3 is 3.04 bits per heavy atom. The maximum Gasteiger partial charge on any atom is 0.265 e. The number of ether oxygens (including phenoxy) is 2. The smallest absolute Gasteiger partial charge is 0.265 e. The fourth-order valence-electron chi connectivity index (χ4n) is 3.72. The van der Waals surface area contributed by atoms with Gasteiger partial charge in [-0.25, -0.2) is 0 Å². The van der Waals surface area contributed by atoms with E-state index < -0.39 is 5.60 Å². The van der Waals surface area contributed by atoms with Gasteiger partial charge in [0.15, 0.2) is 11.4 Å². The summed E-state index contributed by atoms with van der Waals surface area (Å²) < 4.78 is 16.7. The van der Waals surface area contributed by atoms with Crippen molar-refractivity contribution < 1.29 is 23.9 Å². The van der Waals surface area contributed by atoms with Gasteiger partial charge in [0.1, 0.15) is 5.56 Å². The Bertz CT molecular complexity index is 620. The van der Waals surface area contributed by atoms with Crippen LogP contribution in [0.1, 0.15) is 48.7 Å². The van der Waals surface area contributed by atoms with Gasteiger partial charge in [0.2, 0.25) is 5.78 Å². The zero-order chi connectivity index (χ0) is 16.4. The van der Waals surface area contributed by atoms with E-state index in [1.807, 2.05) is 6.08 Å². The highest BCUT2D eigenvalue weighted by molar-refractivity contribution is 6.08. The van der Waals surface area contributed by atoms with Crippen molar-refractivity contribution >= 4 is 5.78 Å². The lowest BCUT2D eigenvalue weighted by molar-refractivity contribution is -0.0283. The molecule has 0 aliphatic heterocycles. The van der Waals surface area contributed by atoms with Gasteiger partial charge < -0.3 is 19.1 Å². The van der Waals surface area contributed by atoms with Crippen LogP contribution in [0.4, 0.5) is 0 Å². The molecule has 1 aromatic heterocycles. The molecule has 1 N–H and O–H groups in total. The van der Waals surface area contributed by atoms with E-state index in [9.17, 15) is 9.90 Å². The molecule has 2 aliphatic carbocycles. The van der Waals surface area contributed by atoms with E-state index in [1.165, 1.54) is 7.11 Å². The van der Waals surface area contributed by atoms with Crippen molar-refractivity contribution in [2.24, 2.45) is 5.92 Å². The van der Waals surface area contributed by atoms with Gasteiger partial charge in [-0.05, 0) is 30.0 Å². The van der Waals surface area contributed by atoms with Crippen molar-refractivity contribution in [2.75, 3.05) is 20.3 Å². The number of hydrogen-bond acceptors (Lipinski definition) is 6. The standard InChI is InChI=1S/C17H23NO5/c1-3-4-8-22-16-14-13(23-18-16)9-11-6-5-7-12(10-19)17(11,21-2)15(14)20/h7,11,19H,3-6,8-10H2,1-2H3/t11-,17-/m0/s1. The number of carbonyl (C=O) groups is 1. The molecular formula is C17H23NO5. The molecule has 6 nitrogen and oxygen atoms in total. The lowest BCUT2D eigenvalue weighted by Gasteiger charge is -2.44. The van der Waals surface area contributed by atoms with Gasteiger partial charge in [0, 0.05) is 19.4 Å². The lowest BCUT2D eigenvalue weighted by Crippen LogP contribution is -2.55. The third kappa shape index (κ3) is 2.40. The molecule has 1 heterocycles. The highest BCUT2D eigenvalue weighted by Crippen LogP contribution is 2.47. The van der Waals surface area contributed by atoms with Crippen LogP contribution in [-0.2, 0) is 11.2 Å². The SMILES string of the molecule is CCCCOc1noc2c1C(=O)[C@@]1(OC)C(CO)=CCC[C@H]1C2. The first-order valence-electron chi connectivity index (χ1n) is 8.20. The van der Waals surface area contributed by atoms with Crippen LogP contribution in [0.5, 0.6) is 5.88 Å². The number of nitrogens with zero attached hydrogens (tertiary/aromatic N) is 1. The number of hydrogen-bond donors (Lipinski definition) is 1. The average Bonchev–Trinajstić information content (AvgIpc) is 2.97. The minimum atomic E-state index is -1.12. The summed E-state index contributed by atoms with van der Waals surface area (Å²) in [6, 6.07) is 0. The second-order valence-corrected chi connectivity index (χ2v) is 6.12. The highest BCUT2D eigenvalue weighted by atomic mass is 16.5. The number of rotatable bonds is 6. The maximum atomic E-state index is 13.2. The van der Waals surface area contributed by atoms with Crippen LogP contribution in [-0.4, -0.2) is 42.0 Å². The number of aromatic nitrogens is 1. The van der Waals surface area contributed by atoms with Gasteiger partial charge in [0.25, 0.3) is 5.88 Å². The molecule has 2 aliphatic rings. The van der Waals surface area contributed by atoms with Crippen molar-refractivity contribution in [1.82, 2.24) is 5.16 Å². The topological polar surface area (TPSA) is 81.8 Å². The number of methoxy groups -OCH3 is 1. The molecule has 0 spiro atoms. The van der Waals surface area contributed by atoms with Crippen molar-refractivity contribution in [2.45, 2.75) is 44.6 Å². The largest absolute Gasteiger partial charge is 0.475 e. The van der Waals surface area contributed by atoms with Gasteiger partial charge in [-0.1, -0.05) is 19.4 Å². The van der Waals surface area contributed by atoms with Crippen molar-refractivity contribution in [3.05, 3.63) is 23.0 Å². The first-order chi connectivity index (χ1) is 11.2. The zero-order valence-electron chi connectivity index (χ0n) is 13.6. The summed E-state index contributed by atoms with van der Waals surface area (Å²) in [4.78, 5) is 13.2. The molecule has 3 rings (SSSR count). The van der Waals surface area contributed by atoms with E-state index in [0.29, 0.717) is 29.9 Å². The quantitative estimate of drug-likeness (QED) is 0.639. The summed E-state index contributed by atoms with van der Waals surface area (Å²) in [6.07, 6.45) is 5.99. The fraction of sp³-hybridized carbons (Fsp3) is 0.647. The number of aliphatic hydroxyl groups excluding tert-OH is 1. The van der Waals surface area contributed by atoms with Gasteiger partial charge in [-0.2, -0.15) is 0 Å². The molecule has 0 amide bonds. The summed E-state index contributed by atoms with van der Waals surface area (Å²) in [5.74, 6) is 0.560. The Balaban J connectivity index is 2.00. The van der Waals surface area contributed by atoms with Crippen LogP contribution >= 0.6 is 0 Å². The summed E-state index contributed by atoms with van der Waals surface area (Å²) in [7, 11) is 1.52. The van der Waals surface area contributed by atoms with E-state index >= 15 is 0 Å². The number of fused-ring (bicyclic) bond motifs is 2. The second kappa shape index (κ2) is 6.45. The highest BCUT2D eigenvalue weighted by Gasteiger charge is 2.56. The molecule has 0 unspecified atom stereocenters. The Labute approximate surface area is 135 Å². The van der Waals surface area contributed by atoms with Gasteiger partial charge >= 0.3 is 0 Å². The summed E-state index contributed by atoms with van der Waals surface area (Å²) >= 11 is 0. The van der Waals surface area contributed by atoms with Gasteiger partial charge in [-0.15, -0.1) is 0 Å². The van der Waals surface area contributed by atoms with Crippen molar-refractivity contribution in [3.8, 4) is 5.88 Å².